The van der Waals surface area contributed by atoms with Crippen molar-refractivity contribution >= 4 is 33.3 Å². The van der Waals surface area contributed by atoms with E-state index in [9.17, 15) is 0 Å². The topological polar surface area (TPSA) is 37.8 Å². The number of anilines is 1. The molecule has 0 aromatic carbocycles. The van der Waals surface area contributed by atoms with Crippen molar-refractivity contribution in [2.75, 3.05) is 11.9 Å². The normalized spacial score (nSPS) is 17.5. The highest BCUT2D eigenvalue weighted by Crippen LogP contribution is 2.35. The van der Waals surface area contributed by atoms with Crippen molar-refractivity contribution in [3.63, 3.8) is 0 Å². The molecule has 1 aromatic heterocycles. The van der Waals surface area contributed by atoms with E-state index < -0.39 is 0 Å². The summed E-state index contributed by atoms with van der Waals surface area (Å²) < 4.78 is 0.882. The molecule has 15 heavy (non-hydrogen) atoms. The van der Waals surface area contributed by atoms with Crippen LogP contribution in [-0.4, -0.2) is 21.9 Å². The maximum Gasteiger partial charge on any atom is 0.144 e. The molecule has 1 aliphatic carbocycles. The van der Waals surface area contributed by atoms with E-state index in [2.05, 4.69) is 31.2 Å². The van der Waals surface area contributed by atoms with Crippen molar-refractivity contribution in [1.82, 2.24) is 9.97 Å². The number of nitrogens with zero attached hydrogens (tertiary/aromatic N) is 2. The van der Waals surface area contributed by atoms with E-state index in [0.717, 1.165) is 22.7 Å². The number of aryl methyl sites for hydroxylation is 1. The fourth-order valence-electron chi connectivity index (χ4n) is 1.40. The van der Waals surface area contributed by atoms with E-state index >= 15 is 0 Å². The van der Waals surface area contributed by atoms with Crippen molar-refractivity contribution in [3.05, 3.63) is 16.5 Å². The number of hydrogen-bond donors (Lipinski definition) is 1. The summed E-state index contributed by atoms with van der Waals surface area (Å²) in [4.78, 5) is 8.38. The molecule has 0 saturated heterocycles. The van der Waals surface area contributed by atoms with Crippen molar-refractivity contribution < 1.29 is 0 Å². The van der Waals surface area contributed by atoms with Crippen molar-refractivity contribution in [2.24, 2.45) is 5.92 Å². The Hall–Kier alpha value is -0.350. The summed E-state index contributed by atoms with van der Waals surface area (Å²) in [5.41, 5.74) is 0. The second-order valence-electron chi connectivity index (χ2n) is 3.85. The molecule has 3 nitrogen and oxygen atoms in total. The van der Waals surface area contributed by atoms with Crippen LogP contribution in [0.3, 0.4) is 0 Å². The quantitative estimate of drug-likeness (QED) is 0.866. The maximum absolute atomic E-state index is 6.20. The molecule has 0 spiro atoms. The molecule has 0 aliphatic heterocycles. The van der Waals surface area contributed by atoms with Crippen LogP contribution in [0.2, 0.25) is 0 Å². The first kappa shape index (κ1) is 11.1. The Labute approximate surface area is 103 Å². The van der Waals surface area contributed by atoms with Crippen LogP contribution in [0.25, 0.3) is 0 Å². The molecular formula is C10H13BrClN3. The highest BCUT2D eigenvalue weighted by atomic mass is 79.9. The maximum atomic E-state index is 6.20. The summed E-state index contributed by atoms with van der Waals surface area (Å²) in [6.45, 7) is 2.64. The Morgan fingerprint density at radius 2 is 2.40 bits per heavy atom. The third-order valence-electron chi connectivity index (χ3n) is 2.46. The standard InChI is InChI=1S/C10H13BrClN3/c1-6-13-4-8(11)10(15-6)14-5-9(12)7-2-3-7/h4,7,9H,2-3,5H2,1H3,(H,13,14,15). The van der Waals surface area contributed by atoms with E-state index in [-0.39, 0.29) is 5.38 Å². The van der Waals surface area contributed by atoms with Crippen LogP contribution in [0, 0.1) is 12.8 Å². The molecular weight excluding hydrogens is 277 g/mol. The molecule has 5 heteroatoms. The predicted octanol–water partition coefficient (Wildman–Crippen LogP) is 2.98. The van der Waals surface area contributed by atoms with Crippen LogP contribution >= 0.6 is 27.5 Å². The number of hydrogen-bond acceptors (Lipinski definition) is 3. The Kier molecular flexibility index (Phi) is 3.46. The third kappa shape index (κ3) is 3.05. The van der Waals surface area contributed by atoms with Gasteiger partial charge in [-0.05, 0) is 41.6 Å². The van der Waals surface area contributed by atoms with Gasteiger partial charge in [0.1, 0.15) is 11.6 Å². The van der Waals surface area contributed by atoms with Crippen LogP contribution in [0.5, 0.6) is 0 Å². The summed E-state index contributed by atoms with van der Waals surface area (Å²) >= 11 is 9.60. The second-order valence-corrected chi connectivity index (χ2v) is 5.26. The number of halogens is 2. The van der Waals surface area contributed by atoms with Crippen molar-refractivity contribution in [3.8, 4) is 0 Å². The zero-order valence-corrected chi connectivity index (χ0v) is 10.8. The highest BCUT2D eigenvalue weighted by Gasteiger charge is 2.29. The van der Waals surface area contributed by atoms with Crippen LogP contribution in [-0.2, 0) is 0 Å². The lowest BCUT2D eigenvalue weighted by Crippen LogP contribution is -2.17. The summed E-state index contributed by atoms with van der Waals surface area (Å²) in [7, 11) is 0. The molecule has 1 saturated carbocycles. The van der Waals surface area contributed by atoms with Gasteiger partial charge in [-0.25, -0.2) is 9.97 Å². The summed E-state index contributed by atoms with van der Waals surface area (Å²) in [6, 6.07) is 0. The van der Waals surface area contributed by atoms with E-state index in [4.69, 9.17) is 11.6 Å². The van der Waals surface area contributed by atoms with Crippen molar-refractivity contribution in [1.29, 1.82) is 0 Å². The first-order chi connectivity index (χ1) is 7.16. The Morgan fingerprint density at radius 1 is 1.67 bits per heavy atom. The van der Waals surface area contributed by atoms with Gasteiger partial charge in [0.05, 0.1) is 9.85 Å². The van der Waals surface area contributed by atoms with Gasteiger partial charge < -0.3 is 5.32 Å². The van der Waals surface area contributed by atoms with Crippen LogP contribution in [0.1, 0.15) is 18.7 Å². The molecule has 1 aromatic rings. The number of nitrogens with one attached hydrogen (secondary N) is 1. The zero-order chi connectivity index (χ0) is 10.8. The van der Waals surface area contributed by atoms with Gasteiger partial charge in [-0.3, -0.25) is 0 Å². The van der Waals surface area contributed by atoms with Gasteiger partial charge in [0.25, 0.3) is 0 Å². The molecule has 1 N–H and O–H groups in total. The lowest BCUT2D eigenvalue weighted by Gasteiger charge is -2.11. The monoisotopic (exact) mass is 289 g/mol. The first-order valence-corrected chi connectivity index (χ1v) is 6.27. The molecule has 1 unspecified atom stereocenters. The lowest BCUT2D eigenvalue weighted by atomic mass is 10.3. The summed E-state index contributed by atoms with van der Waals surface area (Å²) in [6.07, 6.45) is 4.28. The fraction of sp³-hybridized carbons (Fsp3) is 0.600. The lowest BCUT2D eigenvalue weighted by molar-refractivity contribution is 0.767. The number of rotatable bonds is 4. The molecule has 1 heterocycles. The molecule has 0 bridgehead atoms. The molecule has 82 valence electrons. The Balaban J connectivity index is 1.94. The van der Waals surface area contributed by atoms with Crippen molar-refractivity contribution in [2.45, 2.75) is 25.1 Å². The largest absolute Gasteiger partial charge is 0.368 e. The van der Waals surface area contributed by atoms with Gasteiger partial charge in [0.15, 0.2) is 0 Å². The molecule has 1 aliphatic rings. The average molecular weight is 291 g/mol. The molecule has 0 amide bonds. The highest BCUT2D eigenvalue weighted by molar-refractivity contribution is 9.10. The molecule has 2 rings (SSSR count). The SMILES string of the molecule is Cc1ncc(Br)c(NCC(Cl)C2CC2)n1. The Bertz CT molecular complexity index is 355. The second kappa shape index (κ2) is 4.66. The summed E-state index contributed by atoms with van der Waals surface area (Å²) in [5.74, 6) is 2.29. The van der Waals surface area contributed by atoms with Crippen LogP contribution < -0.4 is 5.32 Å². The number of alkyl halides is 1. The third-order valence-corrected chi connectivity index (χ3v) is 3.55. The van der Waals surface area contributed by atoms with E-state index in [1.54, 1.807) is 6.20 Å². The summed E-state index contributed by atoms with van der Waals surface area (Å²) in [5, 5.41) is 3.46. The van der Waals surface area contributed by atoms with E-state index in [1.165, 1.54) is 12.8 Å². The minimum Gasteiger partial charge on any atom is -0.368 e. The van der Waals surface area contributed by atoms with Gasteiger partial charge in [0, 0.05) is 12.7 Å². The minimum atomic E-state index is 0.215. The molecule has 0 radical (unpaired) electrons. The number of aromatic nitrogens is 2. The van der Waals surface area contributed by atoms with Gasteiger partial charge in [-0.15, -0.1) is 11.6 Å². The van der Waals surface area contributed by atoms with Gasteiger partial charge >= 0.3 is 0 Å². The molecule has 1 fully saturated rings. The minimum absolute atomic E-state index is 0.215. The van der Waals surface area contributed by atoms with Gasteiger partial charge in [-0.1, -0.05) is 0 Å². The average Bonchev–Trinajstić information content (AvgIpc) is 3.02. The van der Waals surface area contributed by atoms with Gasteiger partial charge in [-0.2, -0.15) is 0 Å². The predicted molar refractivity (Wildman–Crippen MR) is 65.3 cm³/mol. The fourth-order valence-corrected chi connectivity index (χ4v) is 2.06. The first-order valence-electron chi connectivity index (χ1n) is 5.04. The van der Waals surface area contributed by atoms with Gasteiger partial charge in [0.2, 0.25) is 0 Å². The van der Waals surface area contributed by atoms with E-state index in [1.807, 2.05) is 6.92 Å². The van der Waals surface area contributed by atoms with Crippen LogP contribution in [0.15, 0.2) is 10.7 Å². The molecule has 1 atom stereocenters. The Morgan fingerprint density at radius 3 is 3.07 bits per heavy atom. The van der Waals surface area contributed by atoms with E-state index in [0.29, 0.717) is 5.92 Å². The zero-order valence-electron chi connectivity index (χ0n) is 8.50. The van der Waals surface area contributed by atoms with Crippen LogP contribution in [0.4, 0.5) is 5.82 Å². The smallest absolute Gasteiger partial charge is 0.144 e.